The second-order valence-electron chi connectivity index (χ2n) is 4.53. The number of ether oxygens (including phenoxy) is 1. The van der Waals surface area contributed by atoms with E-state index >= 15 is 0 Å². The number of rotatable bonds is 4. The summed E-state index contributed by atoms with van der Waals surface area (Å²) in [6.45, 7) is 2.23. The van der Waals surface area contributed by atoms with E-state index in [1.807, 2.05) is 0 Å². The van der Waals surface area contributed by atoms with E-state index in [-0.39, 0.29) is 5.69 Å². The van der Waals surface area contributed by atoms with Crippen LogP contribution in [0.3, 0.4) is 0 Å². The van der Waals surface area contributed by atoms with Crippen LogP contribution in [0.4, 0.5) is 19.3 Å². The van der Waals surface area contributed by atoms with E-state index in [1.54, 1.807) is 0 Å². The van der Waals surface area contributed by atoms with E-state index in [1.165, 1.54) is 0 Å². The maximum atomic E-state index is 13.3. The minimum absolute atomic E-state index is 0.0890. The third-order valence-electron chi connectivity index (χ3n) is 3.09. The SMILES string of the molecule is O=C(Nc1ccc(F)cc1F)OCCC1CCNC1. The second-order valence-corrected chi connectivity index (χ2v) is 4.53. The van der Waals surface area contributed by atoms with Crippen LogP contribution in [0.1, 0.15) is 12.8 Å². The summed E-state index contributed by atoms with van der Waals surface area (Å²) in [6, 6.07) is 2.94. The molecule has 1 aromatic carbocycles. The predicted octanol–water partition coefficient (Wildman–Crippen LogP) is 2.51. The summed E-state index contributed by atoms with van der Waals surface area (Å²) in [5.74, 6) is -0.988. The fourth-order valence-electron chi connectivity index (χ4n) is 2.02. The summed E-state index contributed by atoms with van der Waals surface area (Å²) in [5, 5.41) is 5.47. The molecule has 6 heteroatoms. The summed E-state index contributed by atoms with van der Waals surface area (Å²) in [5.41, 5.74) is -0.0890. The Morgan fingerprint density at radius 3 is 3.00 bits per heavy atom. The highest BCUT2D eigenvalue weighted by Gasteiger charge is 2.15. The molecule has 0 bridgehead atoms. The number of anilines is 1. The van der Waals surface area contributed by atoms with Crippen LogP contribution >= 0.6 is 0 Å². The average Bonchev–Trinajstić information content (AvgIpc) is 2.86. The zero-order chi connectivity index (χ0) is 13.7. The topological polar surface area (TPSA) is 50.4 Å². The number of benzene rings is 1. The molecular formula is C13H16F2N2O2. The summed E-state index contributed by atoms with van der Waals surface area (Å²) < 4.78 is 30.9. The smallest absolute Gasteiger partial charge is 0.411 e. The zero-order valence-corrected chi connectivity index (χ0v) is 10.4. The van der Waals surface area contributed by atoms with Crippen molar-refractivity contribution >= 4 is 11.8 Å². The fraction of sp³-hybridized carbons (Fsp3) is 0.462. The summed E-state index contributed by atoms with van der Waals surface area (Å²) in [6.07, 6.45) is 1.14. The van der Waals surface area contributed by atoms with Gasteiger partial charge in [0, 0.05) is 6.07 Å². The summed E-state index contributed by atoms with van der Waals surface area (Å²) >= 11 is 0. The molecule has 0 aliphatic carbocycles. The summed E-state index contributed by atoms with van der Waals surface area (Å²) in [7, 11) is 0. The monoisotopic (exact) mass is 270 g/mol. The number of halogens is 2. The van der Waals surface area contributed by atoms with Gasteiger partial charge in [0.25, 0.3) is 0 Å². The van der Waals surface area contributed by atoms with Gasteiger partial charge in [-0.05, 0) is 44.0 Å². The summed E-state index contributed by atoms with van der Waals surface area (Å²) in [4.78, 5) is 11.4. The van der Waals surface area contributed by atoms with Crippen molar-refractivity contribution in [1.82, 2.24) is 5.32 Å². The van der Waals surface area contributed by atoms with Crippen molar-refractivity contribution in [2.45, 2.75) is 12.8 Å². The molecule has 1 aromatic rings. The van der Waals surface area contributed by atoms with Gasteiger partial charge in [-0.2, -0.15) is 0 Å². The first-order valence-electron chi connectivity index (χ1n) is 6.24. The maximum Gasteiger partial charge on any atom is 0.411 e. The molecule has 1 heterocycles. The molecule has 19 heavy (non-hydrogen) atoms. The van der Waals surface area contributed by atoms with Gasteiger partial charge in [0.05, 0.1) is 12.3 Å². The Kier molecular flexibility index (Phi) is 4.68. The van der Waals surface area contributed by atoms with Crippen LogP contribution in [-0.2, 0) is 4.74 Å². The van der Waals surface area contributed by atoms with Crippen molar-refractivity contribution in [2.75, 3.05) is 25.0 Å². The lowest BCUT2D eigenvalue weighted by Gasteiger charge is -2.10. The molecule has 1 saturated heterocycles. The van der Waals surface area contributed by atoms with E-state index in [0.717, 1.165) is 38.1 Å². The molecule has 1 unspecified atom stereocenters. The van der Waals surface area contributed by atoms with Crippen LogP contribution in [0.15, 0.2) is 18.2 Å². The third-order valence-corrected chi connectivity index (χ3v) is 3.09. The quantitative estimate of drug-likeness (QED) is 0.884. The van der Waals surface area contributed by atoms with E-state index < -0.39 is 17.7 Å². The number of carbonyl (C=O) groups excluding carboxylic acids is 1. The molecule has 1 aliphatic rings. The van der Waals surface area contributed by atoms with Crippen LogP contribution in [-0.4, -0.2) is 25.8 Å². The van der Waals surface area contributed by atoms with Crippen molar-refractivity contribution in [3.05, 3.63) is 29.8 Å². The Hall–Kier alpha value is -1.69. The standard InChI is InChI=1S/C13H16F2N2O2/c14-10-1-2-12(11(15)7-10)17-13(18)19-6-4-9-3-5-16-8-9/h1-2,7,9,16H,3-6,8H2,(H,17,18). The minimum atomic E-state index is -0.822. The third kappa shape index (κ3) is 4.17. The molecule has 2 N–H and O–H groups in total. The van der Waals surface area contributed by atoms with Crippen LogP contribution in [0.2, 0.25) is 0 Å². The Labute approximate surface area is 110 Å². The van der Waals surface area contributed by atoms with Crippen molar-refractivity contribution < 1.29 is 18.3 Å². The number of hydrogen-bond acceptors (Lipinski definition) is 3. The van der Waals surface area contributed by atoms with Gasteiger partial charge >= 0.3 is 6.09 Å². The molecule has 0 radical (unpaired) electrons. The first-order valence-corrected chi connectivity index (χ1v) is 6.24. The molecule has 1 amide bonds. The van der Waals surface area contributed by atoms with Crippen LogP contribution in [0.25, 0.3) is 0 Å². The lowest BCUT2D eigenvalue weighted by Crippen LogP contribution is -2.17. The van der Waals surface area contributed by atoms with Gasteiger partial charge in [-0.25, -0.2) is 13.6 Å². The molecule has 0 aromatic heterocycles. The van der Waals surface area contributed by atoms with Crippen molar-refractivity contribution in [3.8, 4) is 0 Å². The fourth-order valence-corrected chi connectivity index (χ4v) is 2.02. The highest BCUT2D eigenvalue weighted by Crippen LogP contribution is 2.15. The van der Waals surface area contributed by atoms with E-state index in [9.17, 15) is 13.6 Å². The maximum absolute atomic E-state index is 13.3. The van der Waals surface area contributed by atoms with Crippen molar-refractivity contribution in [3.63, 3.8) is 0 Å². The van der Waals surface area contributed by atoms with E-state index in [2.05, 4.69) is 10.6 Å². The highest BCUT2D eigenvalue weighted by atomic mass is 19.1. The normalized spacial score (nSPS) is 18.3. The predicted molar refractivity (Wildman–Crippen MR) is 66.9 cm³/mol. The first-order chi connectivity index (χ1) is 9.15. The first kappa shape index (κ1) is 13.7. The molecule has 1 atom stereocenters. The second kappa shape index (κ2) is 6.47. The number of carbonyl (C=O) groups is 1. The average molecular weight is 270 g/mol. The molecule has 1 aliphatic heterocycles. The Morgan fingerprint density at radius 1 is 1.47 bits per heavy atom. The Bertz CT molecular complexity index is 448. The van der Waals surface area contributed by atoms with Gasteiger partial charge in [0.2, 0.25) is 0 Å². The van der Waals surface area contributed by atoms with Gasteiger partial charge in [0.15, 0.2) is 0 Å². The van der Waals surface area contributed by atoms with Gasteiger partial charge in [-0.3, -0.25) is 5.32 Å². The zero-order valence-electron chi connectivity index (χ0n) is 10.4. The number of nitrogens with one attached hydrogen (secondary N) is 2. The van der Waals surface area contributed by atoms with Gasteiger partial charge in [-0.1, -0.05) is 0 Å². The Balaban J connectivity index is 1.74. The molecular weight excluding hydrogens is 254 g/mol. The van der Waals surface area contributed by atoms with Crippen LogP contribution in [0.5, 0.6) is 0 Å². The van der Waals surface area contributed by atoms with Crippen molar-refractivity contribution in [1.29, 1.82) is 0 Å². The number of hydrogen-bond donors (Lipinski definition) is 2. The lowest BCUT2D eigenvalue weighted by molar-refractivity contribution is 0.154. The largest absolute Gasteiger partial charge is 0.449 e. The van der Waals surface area contributed by atoms with E-state index in [4.69, 9.17) is 4.74 Å². The number of amides is 1. The molecule has 104 valence electrons. The van der Waals surface area contributed by atoms with Crippen LogP contribution < -0.4 is 10.6 Å². The molecule has 4 nitrogen and oxygen atoms in total. The van der Waals surface area contributed by atoms with E-state index in [0.29, 0.717) is 18.6 Å². The van der Waals surface area contributed by atoms with Gasteiger partial charge in [0.1, 0.15) is 11.6 Å². The lowest BCUT2D eigenvalue weighted by atomic mass is 10.1. The minimum Gasteiger partial charge on any atom is -0.449 e. The van der Waals surface area contributed by atoms with Gasteiger partial charge < -0.3 is 10.1 Å². The molecule has 0 saturated carbocycles. The molecule has 0 spiro atoms. The highest BCUT2D eigenvalue weighted by molar-refractivity contribution is 5.84. The van der Waals surface area contributed by atoms with Crippen molar-refractivity contribution in [2.24, 2.45) is 5.92 Å². The Morgan fingerprint density at radius 2 is 2.32 bits per heavy atom. The molecule has 1 fully saturated rings. The van der Waals surface area contributed by atoms with Crippen LogP contribution in [0, 0.1) is 17.6 Å². The van der Waals surface area contributed by atoms with Gasteiger partial charge in [-0.15, -0.1) is 0 Å². The molecule has 2 rings (SSSR count).